The van der Waals surface area contributed by atoms with Crippen LogP contribution in [0.4, 0.5) is 8.78 Å². The van der Waals surface area contributed by atoms with E-state index in [1.807, 2.05) is 18.2 Å². The lowest BCUT2D eigenvalue weighted by Gasteiger charge is -2.38. The van der Waals surface area contributed by atoms with Gasteiger partial charge in [0.2, 0.25) is 0 Å². The summed E-state index contributed by atoms with van der Waals surface area (Å²) in [4.78, 5) is 4.36. The molecule has 160 valence electrons. The molecule has 0 radical (unpaired) electrons. The van der Waals surface area contributed by atoms with Gasteiger partial charge in [0.1, 0.15) is 11.6 Å². The molecule has 1 aliphatic carbocycles. The van der Waals surface area contributed by atoms with Gasteiger partial charge in [-0.05, 0) is 55.0 Å². The first-order chi connectivity index (χ1) is 14.6. The van der Waals surface area contributed by atoms with Gasteiger partial charge < -0.3 is 15.4 Å². The summed E-state index contributed by atoms with van der Waals surface area (Å²) in [6.07, 6.45) is 3.56. The Bertz CT molecular complexity index is 905. The molecular weight excluding hydrogens is 384 g/mol. The summed E-state index contributed by atoms with van der Waals surface area (Å²) in [5.74, 6) is 0.313. The van der Waals surface area contributed by atoms with Crippen LogP contribution in [0.25, 0.3) is 0 Å². The SMILES string of the molecule is CN=C(NCC1(c2cccc(F)c2)CCOCC1)NCC1(c2ccccc2F)CC1. The average Bonchev–Trinajstić information content (AvgIpc) is 3.56. The van der Waals surface area contributed by atoms with Gasteiger partial charge in [-0.3, -0.25) is 4.99 Å². The number of halogens is 2. The standard InChI is InChI=1S/C24H29F2N3O/c1-27-22(29-17-24(9-10-24)20-7-2-3-8-21(20)26)28-16-23(11-13-30-14-12-23)18-5-4-6-19(25)15-18/h2-8,15H,9-14,16-17H2,1H3,(H2,27,28,29). The molecule has 1 saturated carbocycles. The van der Waals surface area contributed by atoms with Gasteiger partial charge in [-0.2, -0.15) is 0 Å². The van der Waals surface area contributed by atoms with Crippen LogP contribution in [0.1, 0.15) is 36.8 Å². The Balaban J connectivity index is 1.43. The summed E-state index contributed by atoms with van der Waals surface area (Å²) in [7, 11) is 1.73. The third-order valence-electron chi connectivity index (χ3n) is 6.60. The maximum atomic E-state index is 14.3. The molecule has 2 fully saturated rings. The van der Waals surface area contributed by atoms with E-state index in [0.29, 0.717) is 32.3 Å². The largest absolute Gasteiger partial charge is 0.381 e. The normalized spacial score (nSPS) is 19.9. The number of nitrogens with zero attached hydrogens (tertiary/aromatic N) is 1. The molecule has 2 N–H and O–H groups in total. The molecule has 0 bridgehead atoms. The molecule has 0 unspecified atom stereocenters. The smallest absolute Gasteiger partial charge is 0.191 e. The van der Waals surface area contributed by atoms with Crippen molar-refractivity contribution in [2.24, 2.45) is 4.99 Å². The van der Waals surface area contributed by atoms with E-state index in [0.717, 1.165) is 36.8 Å². The first-order valence-electron chi connectivity index (χ1n) is 10.6. The van der Waals surface area contributed by atoms with Gasteiger partial charge in [0.15, 0.2) is 5.96 Å². The van der Waals surface area contributed by atoms with Gasteiger partial charge in [-0.1, -0.05) is 30.3 Å². The molecule has 1 heterocycles. The van der Waals surface area contributed by atoms with E-state index in [4.69, 9.17) is 4.74 Å². The molecule has 2 aromatic rings. The van der Waals surface area contributed by atoms with Gasteiger partial charge in [0.25, 0.3) is 0 Å². The first kappa shape index (κ1) is 20.8. The first-order valence-corrected chi connectivity index (χ1v) is 10.6. The molecule has 2 aliphatic rings. The van der Waals surface area contributed by atoms with Gasteiger partial charge >= 0.3 is 0 Å². The molecule has 0 aromatic heterocycles. The zero-order valence-corrected chi connectivity index (χ0v) is 17.4. The minimum Gasteiger partial charge on any atom is -0.381 e. The van der Waals surface area contributed by atoms with Crippen molar-refractivity contribution in [3.8, 4) is 0 Å². The fraction of sp³-hybridized carbons (Fsp3) is 0.458. The molecule has 0 amide bonds. The van der Waals surface area contributed by atoms with Crippen molar-refractivity contribution in [3.63, 3.8) is 0 Å². The zero-order valence-electron chi connectivity index (χ0n) is 17.4. The topological polar surface area (TPSA) is 45.7 Å². The Morgan fingerprint density at radius 1 is 0.933 bits per heavy atom. The van der Waals surface area contributed by atoms with Gasteiger partial charge in [0, 0.05) is 44.2 Å². The highest BCUT2D eigenvalue weighted by atomic mass is 19.1. The van der Waals surface area contributed by atoms with Gasteiger partial charge in [0.05, 0.1) is 0 Å². The van der Waals surface area contributed by atoms with Crippen LogP contribution >= 0.6 is 0 Å². The quantitative estimate of drug-likeness (QED) is 0.558. The Hall–Kier alpha value is -2.47. The van der Waals surface area contributed by atoms with Crippen LogP contribution in [0.15, 0.2) is 53.5 Å². The Morgan fingerprint density at radius 2 is 1.63 bits per heavy atom. The number of rotatable bonds is 6. The van der Waals surface area contributed by atoms with E-state index < -0.39 is 0 Å². The van der Waals surface area contributed by atoms with Crippen LogP contribution in [-0.2, 0) is 15.6 Å². The second kappa shape index (κ2) is 8.72. The minimum atomic E-state index is -0.221. The Kier molecular flexibility index (Phi) is 6.04. The van der Waals surface area contributed by atoms with Crippen LogP contribution in [-0.4, -0.2) is 39.3 Å². The molecular formula is C24H29F2N3O. The maximum Gasteiger partial charge on any atom is 0.191 e. The van der Waals surface area contributed by atoms with Crippen LogP contribution in [0.2, 0.25) is 0 Å². The van der Waals surface area contributed by atoms with Crippen LogP contribution in [0.3, 0.4) is 0 Å². The third-order valence-corrected chi connectivity index (χ3v) is 6.60. The predicted octanol–water partition coefficient (Wildman–Crippen LogP) is 3.91. The molecule has 4 nitrogen and oxygen atoms in total. The molecule has 0 spiro atoms. The van der Waals surface area contributed by atoms with Gasteiger partial charge in [-0.15, -0.1) is 0 Å². The van der Waals surface area contributed by atoms with E-state index in [-0.39, 0.29) is 22.5 Å². The van der Waals surface area contributed by atoms with Gasteiger partial charge in [-0.25, -0.2) is 8.78 Å². The fourth-order valence-corrected chi connectivity index (χ4v) is 4.46. The van der Waals surface area contributed by atoms with Crippen LogP contribution in [0.5, 0.6) is 0 Å². The van der Waals surface area contributed by atoms with E-state index >= 15 is 0 Å². The van der Waals surface area contributed by atoms with Crippen LogP contribution in [0, 0.1) is 11.6 Å². The van der Waals surface area contributed by atoms with E-state index in [9.17, 15) is 8.78 Å². The molecule has 30 heavy (non-hydrogen) atoms. The summed E-state index contributed by atoms with van der Waals surface area (Å²) < 4.78 is 33.7. The van der Waals surface area contributed by atoms with E-state index in [1.165, 1.54) is 12.1 Å². The monoisotopic (exact) mass is 413 g/mol. The van der Waals surface area contributed by atoms with Crippen molar-refractivity contribution >= 4 is 5.96 Å². The molecule has 2 aromatic carbocycles. The second-order valence-electron chi connectivity index (χ2n) is 8.44. The molecule has 0 atom stereocenters. The summed E-state index contributed by atoms with van der Waals surface area (Å²) in [5.41, 5.74) is 1.38. The van der Waals surface area contributed by atoms with E-state index in [2.05, 4.69) is 15.6 Å². The number of benzene rings is 2. The molecule has 6 heteroatoms. The zero-order chi connectivity index (χ0) is 21.0. The lowest BCUT2D eigenvalue weighted by molar-refractivity contribution is 0.0513. The summed E-state index contributed by atoms with van der Waals surface area (Å²) in [6, 6.07) is 13.9. The number of guanidine groups is 1. The van der Waals surface area contributed by atoms with Crippen molar-refractivity contribution < 1.29 is 13.5 Å². The third kappa shape index (κ3) is 4.33. The predicted molar refractivity (Wildman–Crippen MR) is 115 cm³/mol. The highest BCUT2D eigenvalue weighted by molar-refractivity contribution is 5.80. The number of aliphatic imine (C=N–C) groups is 1. The van der Waals surface area contributed by atoms with Crippen molar-refractivity contribution in [3.05, 3.63) is 71.3 Å². The van der Waals surface area contributed by atoms with Crippen molar-refractivity contribution in [1.29, 1.82) is 0 Å². The molecule has 1 saturated heterocycles. The summed E-state index contributed by atoms with van der Waals surface area (Å²) >= 11 is 0. The fourth-order valence-electron chi connectivity index (χ4n) is 4.46. The minimum absolute atomic E-state index is 0.146. The second-order valence-corrected chi connectivity index (χ2v) is 8.44. The highest BCUT2D eigenvalue weighted by Crippen LogP contribution is 2.48. The summed E-state index contributed by atoms with van der Waals surface area (Å²) in [5, 5.41) is 6.82. The maximum absolute atomic E-state index is 14.3. The number of hydrogen-bond acceptors (Lipinski definition) is 2. The average molecular weight is 414 g/mol. The molecule has 1 aliphatic heterocycles. The Morgan fingerprint density at radius 3 is 2.27 bits per heavy atom. The Labute approximate surface area is 176 Å². The van der Waals surface area contributed by atoms with Crippen molar-refractivity contribution in [1.82, 2.24) is 10.6 Å². The van der Waals surface area contributed by atoms with Crippen LogP contribution < -0.4 is 10.6 Å². The lowest BCUT2D eigenvalue weighted by atomic mass is 9.74. The lowest BCUT2D eigenvalue weighted by Crippen LogP contribution is -2.49. The number of hydrogen-bond donors (Lipinski definition) is 2. The number of ether oxygens (including phenoxy) is 1. The highest BCUT2D eigenvalue weighted by Gasteiger charge is 2.46. The summed E-state index contributed by atoms with van der Waals surface area (Å²) in [6.45, 7) is 2.57. The van der Waals surface area contributed by atoms with Crippen molar-refractivity contribution in [2.45, 2.75) is 36.5 Å². The number of nitrogens with one attached hydrogen (secondary N) is 2. The molecule has 4 rings (SSSR count). The van der Waals surface area contributed by atoms with Crippen molar-refractivity contribution in [2.75, 3.05) is 33.4 Å². The van der Waals surface area contributed by atoms with E-state index in [1.54, 1.807) is 25.2 Å².